The van der Waals surface area contributed by atoms with Crippen LogP contribution in [-0.4, -0.2) is 29.0 Å². The Balaban J connectivity index is 2.00. The fourth-order valence-electron chi connectivity index (χ4n) is 2.38. The fraction of sp³-hybridized carbons (Fsp3) is 0.214. The zero-order valence-electron chi connectivity index (χ0n) is 11.0. The minimum absolute atomic E-state index is 0.122. The molecule has 1 amide bonds. The van der Waals surface area contributed by atoms with E-state index in [9.17, 15) is 9.18 Å². The lowest BCUT2D eigenvalue weighted by Gasteiger charge is -2.36. The number of nitrogens with one attached hydrogen (secondary N) is 1. The van der Waals surface area contributed by atoms with Crippen molar-refractivity contribution in [3.8, 4) is 0 Å². The van der Waals surface area contributed by atoms with E-state index in [1.165, 1.54) is 12.1 Å². The van der Waals surface area contributed by atoms with Gasteiger partial charge in [-0.1, -0.05) is 12.1 Å². The average molecular weight is 307 g/mol. The Labute approximate surface area is 125 Å². The number of amides is 1. The summed E-state index contributed by atoms with van der Waals surface area (Å²) in [6, 6.07) is 7.00. The molecule has 1 aromatic heterocycles. The lowest BCUT2D eigenvalue weighted by Crippen LogP contribution is -2.50. The zero-order chi connectivity index (χ0) is 14.8. The summed E-state index contributed by atoms with van der Waals surface area (Å²) in [5.41, 5.74) is 0.698. The van der Waals surface area contributed by atoms with E-state index in [4.69, 9.17) is 11.6 Å². The fourth-order valence-corrected chi connectivity index (χ4v) is 2.52. The average Bonchev–Trinajstić information content (AvgIpc) is 2.48. The van der Waals surface area contributed by atoms with Crippen LogP contribution in [0.5, 0.6) is 0 Å². The van der Waals surface area contributed by atoms with Crippen molar-refractivity contribution in [3.63, 3.8) is 0 Å². The molecule has 2 heterocycles. The minimum atomic E-state index is -0.565. The highest BCUT2D eigenvalue weighted by molar-refractivity contribution is 6.28. The van der Waals surface area contributed by atoms with Gasteiger partial charge in [-0.15, -0.1) is 0 Å². The van der Waals surface area contributed by atoms with E-state index >= 15 is 0 Å². The van der Waals surface area contributed by atoms with Gasteiger partial charge in [0.2, 0.25) is 11.2 Å². The molecule has 7 heteroatoms. The number of halogens is 2. The third-order valence-electron chi connectivity index (χ3n) is 3.30. The van der Waals surface area contributed by atoms with Gasteiger partial charge >= 0.3 is 0 Å². The normalized spacial score (nSPS) is 18.5. The van der Waals surface area contributed by atoms with E-state index in [2.05, 4.69) is 15.3 Å². The van der Waals surface area contributed by atoms with Crippen molar-refractivity contribution in [2.45, 2.75) is 6.04 Å². The van der Waals surface area contributed by atoms with Gasteiger partial charge in [0, 0.05) is 19.3 Å². The van der Waals surface area contributed by atoms with Gasteiger partial charge in [0.25, 0.3) is 0 Å². The molecular formula is C14H12ClFN4O. The Morgan fingerprint density at radius 3 is 2.76 bits per heavy atom. The largest absolute Gasteiger partial charge is 0.352 e. The molecule has 1 aliphatic heterocycles. The maximum Gasteiger partial charge on any atom is 0.247 e. The second-order valence-electron chi connectivity index (χ2n) is 4.62. The molecule has 1 aliphatic rings. The summed E-state index contributed by atoms with van der Waals surface area (Å²) >= 11 is 5.82. The summed E-state index contributed by atoms with van der Waals surface area (Å²) < 4.78 is 13.1. The van der Waals surface area contributed by atoms with Gasteiger partial charge in [-0.05, 0) is 35.4 Å². The van der Waals surface area contributed by atoms with Gasteiger partial charge in [-0.25, -0.2) is 14.4 Å². The van der Waals surface area contributed by atoms with E-state index in [1.807, 2.05) is 4.90 Å². The minimum Gasteiger partial charge on any atom is -0.352 e. The lowest BCUT2D eigenvalue weighted by molar-refractivity contribution is -0.123. The van der Waals surface area contributed by atoms with Crippen LogP contribution < -0.4 is 10.2 Å². The van der Waals surface area contributed by atoms with E-state index in [0.29, 0.717) is 24.5 Å². The number of nitrogens with zero attached hydrogens (tertiary/aromatic N) is 3. The molecule has 108 valence electrons. The molecule has 0 bridgehead atoms. The van der Waals surface area contributed by atoms with Crippen molar-refractivity contribution in [3.05, 3.63) is 53.2 Å². The summed E-state index contributed by atoms with van der Waals surface area (Å²) in [7, 11) is 0. The van der Waals surface area contributed by atoms with Crippen LogP contribution in [0.4, 0.5) is 10.2 Å². The van der Waals surface area contributed by atoms with E-state index in [1.54, 1.807) is 24.4 Å². The van der Waals surface area contributed by atoms with Crippen LogP contribution in [0.15, 0.2) is 36.5 Å². The van der Waals surface area contributed by atoms with Crippen molar-refractivity contribution >= 4 is 23.3 Å². The van der Waals surface area contributed by atoms with E-state index in [-0.39, 0.29) is 17.0 Å². The number of aromatic nitrogens is 2. The number of piperazine rings is 1. The number of anilines is 1. The van der Waals surface area contributed by atoms with Crippen LogP contribution in [0.25, 0.3) is 0 Å². The molecule has 3 rings (SSSR count). The maximum absolute atomic E-state index is 13.1. The molecule has 1 atom stereocenters. The molecule has 21 heavy (non-hydrogen) atoms. The van der Waals surface area contributed by atoms with Crippen LogP contribution in [0.2, 0.25) is 5.28 Å². The third-order valence-corrected chi connectivity index (χ3v) is 3.49. The van der Waals surface area contributed by atoms with Crippen LogP contribution >= 0.6 is 11.6 Å². The zero-order valence-corrected chi connectivity index (χ0v) is 11.7. The van der Waals surface area contributed by atoms with E-state index in [0.717, 1.165) is 0 Å². The summed E-state index contributed by atoms with van der Waals surface area (Å²) in [6.45, 7) is 1.10. The van der Waals surface area contributed by atoms with Gasteiger partial charge < -0.3 is 10.2 Å². The van der Waals surface area contributed by atoms with Crippen LogP contribution in [-0.2, 0) is 4.79 Å². The quantitative estimate of drug-likeness (QED) is 0.862. The highest BCUT2D eigenvalue weighted by Crippen LogP contribution is 2.28. The Morgan fingerprint density at radius 2 is 2.05 bits per heavy atom. The number of hydrogen-bond acceptors (Lipinski definition) is 4. The van der Waals surface area contributed by atoms with Gasteiger partial charge in [0.1, 0.15) is 17.7 Å². The topological polar surface area (TPSA) is 58.1 Å². The van der Waals surface area contributed by atoms with Gasteiger partial charge in [0.05, 0.1) is 0 Å². The highest BCUT2D eigenvalue weighted by Gasteiger charge is 2.32. The maximum atomic E-state index is 13.1. The number of carbonyl (C=O) groups is 1. The first-order valence-corrected chi connectivity index (χ1v) is 6.81. The van der Waals surface area contributed by atoms with Crippen molar-refractivity contribution in [2.75, 3.05) is 18.0 Å². The molecule has 1 aromatic carbocycles. The number of rotatable bonds is 2. The predicted octanol–water partition coefficient (Wildman–Crippen LogP) is 1.95. The summed E-state index contributed by atoms with van der Waals surface area (Å²) in [4.78, 5) is 22.0. The summed E-state index contributed by atoms with van der Waals surface area (Å²) in [5, 5.41) is 2.93. The highest BCUT2D eigenvalue weighted by atomic mass is 35.5. The third kappa shape index (κ3) is 2.80. The van der Waals surface area contributed by atoms with Crippen LogP contribution in [0.1, 0.15) is 11.6 Å². The monoisotopic (exact) mass is 306 g/mol. The van der Waals surface area contributed by atoms with Crippen LogP contribution in [0, 0.1) is 5.82 Å². The number of benzene rings is 1. The van der Waals surface area contributed by atoms with Crippen LogP contribution in [0.3, 0.4) is 0 Å². The Morgan fingerprint density at radius 1 is 1.29 bits per heavy atom. The SMILES string of the molecule is O=C1NCCN(c2ccnc(Cl)n2)C1c1ccc(F)cc1. The molecule has 5 nitrogen and oxygen atoms in total. The molecule has 1 N–H and O–H groups in total. The molecule has 0 radical (unpaired) electrons. The molecule has 0 saturated carbocycles. The Bertz CT molecular complexity index is 664. The first kappa shape index (κ1) is 13.8. The van der Waals surface area contributed by atoms with Gasteiger partial charge in [-0.3, -0.25) is 4.79 Å². The van der Waals surface area contributed by atoms with Gasteiger partial charge in [0.15, 0.2) is 0 Å². The molecule has 0 spiro atoms. The molecule has 1 unspecified atom stereocenters. The molecule has 1 fully saturated rings. The smallest absolute Gasteiger partial charge is 0.247 e. The predicted molar refractivity (Wildman–Crippen MR) is 76.5 cm³/mol. The van der Waals surface area contributed by atoms with Crippen molar-refractivity contribution in [1.29, 1.82) is 0 Å². The Kier molecular flexibility index (Phi) is 3.70. The summed E-state index contributed by atoms with van der Waals surface area (Å²) in [5.74, 6) is 0.0772. The molecule has 1 saturated heterocycles. The first-order chi connectivity index (χ1) is 10.1. The standard InChI is InChI=1S/C14H12ClFN4O/c15-14-18-6-5-11(19-14)20-8-7-17-13(21)12(20)9-1-3-10(16)4-2-9/h1-6,12H,7-8H2,(H,17,21). The molecular weight excluding hydrogens is 295 g/mol. The summed E-state index contributed by atoms with van der Waals surface area (Å²) in [6.07, 6.45) is 1.54. The van der Waals surface area contributed by atoms with Crippen molar-refractivity contribution in [2.24, 2.45) is 0 Å². The van der Waals surface area contributed by atoms with Gasteiger partial charge in [-0.2, -0.15) is 0 Å². The Hall–Kier alpha value is -2.21. The van der Waals surface area contributed by atoms with E-state index < -0.39 is 6.04 Å². The molecule has 0 aliphatic carbocycles. The first-order valence-electron chi connectivity index (χ1n) is 6.43. The lowest BCUT2D eigenvalue weighted by atomic mass is 10.0. The number of carbonyl (C=O) groups excluding carboxylic acids is 1. The van der Waals surface area contributed by atoms with Crippen molar-refractivity contribution < 1.29 is 9.18 Å². The molecule has 2 aromatic rings. The number of hydrogen-bond donors (Lipinski definition) is 1. The van der Waals surface area contributed by atoms with Crippen molar-refractivity contribution in [1.82, 2.24) is 15.3 Å². The second-order valence-corrected chi connectivity index (χ2v) is 4.96. The second kappa shape index (κ2) is 5.65.